The molecule has 2 aromatic carbocycles. The molecule has 1 unspecified atom stereocenters. The molecule has 2 aromatic rings. The van der Waals surface area contributed by atoms with Gasteiger partial charge in [0.05, 0.1) is 6.10 Å². The first-order valence-corrected chi connectivity index (χ1v) is 6.65. The third-order valence-electron chi connectivity index (χ3n) is 2.76. The summed E-state index contributed by atoms with van der Waals surface area (Å²) in [6, 6.07) is 18.6. The van der Waals surface area contributed by atoms with Crippen molar-refractivity contribution in [1.29, 1.82) is 0 Å². The van der Waals surface area contributed by atoms with Gasteiger partial charge in [-0.1, -0.05) is 54.6 Å². The van der Waals surface area contributed by atoms with Crippen molar-refractivity contribution in [2.75, 3.05) is 0 Å². The van der Waals surface area contributed by atoms with E-state index in [1.54, 1.807) is 0 Å². The summed E-state index contributed by atoms with van der Waals surface area (Å²) < 4.78 is 0. The summed E-state index contributed by atoms with van der Waals surface area (Å²) in [4.78, 5) is 13.2. The first-order valence-electron chi connectivity index (χ1n) is 6.65. The first-order chi connectivity index (χ1) is 10.0. The minimum Gasteiger partial charge on any atom is -0.550 e. The molecule has 112 valence electrons. The Kier molecular flexibility index (Phi) is 7.15. The topological polar surface area (TPSA) is 69.6 Å². The lowest BCUT2D eigenvalue weighted by atomic mass is 10.0. The van der Waals surface area contributed by atoms with Crippen LogP contribution in [0.2, 0.25) is 0 Å². The van der Waals surface area contributed by atoms with Gasteiger partial charge >= 0.3 is 0 Å². The van der Waals surface area contributed by atoms with Crippen molar-refractivity contribution in [3.05, 3.63) is 60.2 Å². The molecular formula is C17H19O4-. The first kappa shape index (κ1) is 16.9. The molecule has 0 aliphatic heterocycles. The molecule has 0 spiro atoms. The SMILES string of the molecule is CC(=O)[O-].CC(Cc1ccc(-c2ccccc2)cc1)OO. The van der Waals surface area contributed by atoms with E-state index in [0.29, 0.717) is 6.42 Å². The highest BCUT2D eigenvalue weighted by Crippen LogP contribution is 2.19. The van der Waals surface area contributed by atoms with Crippen LogP contribution in [0.15, 0.2) is 54.6 Å². The third-order valence-corrected chi connectivity index (χ3v) is 2.76. The molecule has 0 aliphatic rings. The number of carbonyl (C=O) groups is 1. The van der Waals surface area contributed by atoms with Crippen molar-refractivity contribution >= 4 is 5.97 Å². The van der Waals surface area contributed by atoms with Crippen LogP contribution in [0.1, 0.15) is 19.4 Å². The molecule has 21 heavy (non-hydrogen) atoms. The van der Waals surface area contributed by atoms with Crippen LogP contribution in [0.25, 0.3) is 11.1 Å². The zero-order valence-corrected chi connectivity index (χ0v) is 12.2. The standard InChI is InChI=1S/C15H16O2.C2H4O2/c1-12(17-16)11-13-7-9-15(10-8-13)14-5-3-2-4-6-14;1-2(3)4/h2-10,12,16H,11H2,1H3;1H3,(H,3,4)/p-1. The van der Waals surface area contributed by atoms with Gasteiger partial charge in [-0.15, -0.1) is 0 Å². The molecule has 4 heteroatoms. The largest absolute Gasteiger partial charge is 0.550 e. The number of hydrogen-bond acceptors (Lipinski definition) is 4. The van der Waals surface area contributed by atoms with Gasteiger partial charge in [0.25, 0.3) is 0 Å². The lowest BCUT2D eigenvalue weighted by Crippen LogP contribution is -2.16. The van der Waals surface area contributed by atoms with Gasteiger partial charge < -0.3 is 9.90 Å². The monoisotopic (exact) mass is 287 g/mol. The molecule has 0 bridgehead atoms. The number of carboxylic acid groups (broad SMARTS) is 1. The molecule has 0 aliphatic carbocycles. The molecule has 1 atom stereocenters. The summed E-state index contributed by atoms with van der Waals surface area (Å²) in [5.74, 6) is -1.08. The van der Waals surface area contributed by atoms with Crippen molar-refractivity contribution in [1.82, 2.24) is 0 Å². The van der Waals surface area contributed by atoms with E-state index in [-0.39, 0.29) is 6.10 Å². The normalized spacial score (nSPS) is 11.2. The third kappa shape index (κ3) is 6.70. The lowest BCUT2D eigenvalue weighted by Gasteiger charge is -2.08. The molecule has 1 N–H and O–H groups in total. The minimum atomic E-state index is -1.08. The van der Waals surface area contributed by atoms with Crippen molar-refractivity contribution in [3.63, 3.8) is 0 Å². The van der Waals surface area contributed by atoms with Crippen LogP contribution in [-0.2, 0) is 16.1 Å². The predicted octanol–water partition coefficient (Wildman–Crippen LogP) is 2.53. The van der Waals surface area contributed by atoms with Crippen molar-refractivity contribution in [2.45, 2.75) is 26.4 Å². The zero-order chi connectivity index (χ0) is 15.7. The summed E-state index contributed by atoms with van der Waals surface area (Å²) >= 11 is 0. The maximum absolute atomic E-state index is 8.89. The molecule has 0 aromatic heterocycles. The Bertz CT molecular complexity index is 530. The Balaban J connectivity index is 0.000000491. The van der Waals surface area contributed by atoms with Gasteiger partial charge in [0.1, 0.15) is 0 Å². The van der Waals surface area contributed by atoms with E-state index in [1.165, 1.54) is 11.1 Å². The highest BCUT2D eigenvalue weighted by Gasteiger charge is 2.03. The number of benzene rings is 2. The maximum Gasteiger partial charge on any atom is 0.0939 e. The predicted molar refractivity (Wildman–Crippen MR) is 79.4 cm³/mol. The van der Waals surface area contributed by atoms with Gasteiger partial charge in [0.2, 0.25) is 0 Å². The van der Waals surface area contributed by atoms with Crippen LogP contribution < -0.4 is 5.11 Å². The van der Waals surface area contributed by atoms with Crippen molar-refractivity contribution < 1.29 is 20.0 Å². The average molecular weight is 287 g/mol. The Morgan fingerprint density at radius 3 is 2.05 bits per heavy atom. The molecule has 0 amide bonds. The summed E-state index contributed by atoms with van der Waals surface area (Å²) in [5.41, 5.74) is 3.57. The molecule has 4 nitrogen and oxygen atoms in total. The van der Waals surface area contributed by atoms with Crippen LogP contribution in [0, 0.1) is 0 Å². The highest BCUT2D eigenvalue weighted by molar-refractivity contribution is 5.63. The smallest absolute Gasteiger partial charge is 0.0939 e. The fourth-order valence-electron chi connectivity index (χ4n) is 1.83. The average Bonchev–Trinajstić information content (AvgIpc) is 2.48. The van der Waals surface area contributed by atoms with Crippen molar-refractivity contribution in [3.8, 4) is 11.1 Å². The summed E-state index contributed by atoms with van der Waals surface area (Å²) in [7, 11) is 0. The summed E-state index contributed by atoms with van der Waals surface area (Å²) in [5, 5.41) is 17.4. The van der Waals surface area contributed by atoms with Crippen LogP contribution in [0.3, 0.4) is 0 Å². The molecule has 0 saturated carbocycles. The fraction of sp³-hybridized carbons (Fsp3) is 0.235. The quantitative estimate of drug-likeness (QED) is 0.693. The summed E-state index contributed by atoms with van der Waals surface area (Å²) in [6.07, 6.45) is 0.545. The van der Waals surface area contributed by atoms with E-state index in [2.05, 4.69) is 41.3 Å². The van der Waals surface area contributed by atoms with E-state index >= 15 is 0 Å². The summed E-state index contributed by atoms with van der Waals surface area (Å²) in [6.45, 7) is 2.81. The van der Waals surface area contributed by atoms with E-state index in [9.17, 15) is 0 Å². The molecular weight excluding hydrogens is 268 g/mol. The lowest BCUT2D eigenvalue weighted by molar-refractivity contribution is -0.302. The van der Waals surface area contributed by atoms with Crippen molar-refractivity contribution in [2.24, 2.45) is 0 Å². The van der Waals surface area contributed by atoms with Crippen LogP contribution >= 0.6 is 0 Å². The second-order valence-electron chi connectivity index (χ2n) is 4.67. The van der Waals surface area contributed by atoms with Crippen LogP contribution in [-0.4, -0.2) is 17.3 Å². The Labute approximate surface area is 124 Å². The second kappa shape index (κ2) is 8.89. The fourth-order valence-corrected chi connectivity index (χ4v) is 1.83. The maximum atomic E-state index is 8.89. The van der Waals surface area contributed by atoms with E-state index in [4.69, 9.17) is 15.2 Å². The van der Waals surface area contributed by atoms with Gasteiger partial charge in [0, 0.05) is 12.4 Å². The molecule has 0 heterocycles. The molecule has 0 saturated heterocycles. The Morgan fingerprint density at radius 2 is 1.57 bits per heavy atom. The van der Waals surface area contributed by atoms with Gasteiger partial charge in [-0.2, -0.15) is 0 Å². The molecule has 0 radical (unpaired) electrons. The van der Waals surface area contributed by atoms with E-state index in [1.807, 2.05) is 25.1 Å². The number of hydrogen-bond donors (Lipinski definition) is 1. The van der Waals surface area contributed by atoms with E-state index < -0.39 is 5.97 Å². The minimum absolute atomic E-state index is 0.169. The van der Waals surface area contributed by atoms with Gasteiger partial charge in [-0.3, -0.25) is 5.26 Å². The zero-order valence-electron chi connectivity index (χ0n) is 12.2. The van der Waals surface area contributed by atoms with Crippen LogP contribution in [0.4, 0.5) is 0 Å². The van der Waals surface area contributed by atoms with Gasteiger partial charge in [-0.25, -0.2) is 4.89 Å². The number of aliphatic carboxylic acids is 1. The van der Waals surface area contributed by atoms with E-state index in [0.717, 1.165) is 12.5 Å². The van der Waals surface area contributed by atoms with Crippen LogP contribution in [0.5, 0.6) is 0 Å². The molecule has 2 rings (SSSR count). The Morgan fingerprint density at radius 1 is 1.10 bits per heavy atom. The molecule has 0 fully saturated rings. The second-order valence-corrected chi connectivity index (χ2v) is 4.67. The number of carboxylic acids is 1. The highest BCUT2D eigenvalue weighted by atomic mass is 17.1. The van der Waals surface area contributed by atoms with Gasteiger partial charge in [0.15, 0.2) is 0 Å². The number of rotatable bonds is 4. The van der Waals surface area contributed by atoms with Gasteiger partial charge in [-0.05, 0) is 30.5 Å². The number of carbonyl (C=O) groups excluding carboxylic acids is 1. The Hall–Kier alpha value is -2.17.